The minimum atomic E-state index is -0.454. The van der Waals surface area contributed by atoms with Crippen LogP contribution in [0.15, 0.2) is 69.6 Å². The van der Waals surface area contributed by atoms with E-state index in [0.29, 0.717) is 0 Å². The molecule has 0 unspecified atom stereocenters. The van der Waals surface area contributed by atoms with Gasteiger partial charge in [0.25, 0.3) is 0 Å². The van der Waals surface area contributed by atoms with Crippen molar-refractivity contribution in [1.29, 1.82) is 0 Å². The number of benzene rings is 3. The van der Waals surface area contributed by atoms with Crippen LogP contribution in [0.3, 0.4) is 0 Å². The fraction of sp³-hybridized carbons (Fsp3) is 0.100. The van der Waals surface area contributed by atoms with Gasteiger partial charge in [-0.15, -0.1) is 0 Å². The van der Waals surface area contributed by atoms with Crippen LogP contribution in [0.5, 0.6) is 0 Å². The quantitative estimate of drug-likeness (QED) is 0.506. The van der Waals surface area contributed by atoms with Crippen LogP contribution in [0.1, 0.15) is 11.1 Å². The van der Waals surface area contributed by atoms with E-state index in [9.17, 15) is 0 Å². The first kappa shape index (κ1) is 17.9. The van der Waals surface area contributed by atoms with E-state index in [1.54, 1.807) is 0 Å². The van der Waals surface area contributed by atoms with Crippen LogP contribution in [0.4, 0.5) is 0 Å². The first-order valence-corrected chi connectivity index (χ1v) is 12.5. The van der Waals surface area contributed by atoms with Gasteiger partial charge in [-0.05, 0) is 36.4 Å². The Morgan fingerprint density at radius 1 is 0.583 bits per heavy atom. The van der Waals surface area contributed by atoms with Crippen LogP contribution in [0, 0.1) is 13.8 Å². The third-order valence-corrected chi connectivity index (χ3v) is 10.4. The minimum absolute atomic E-state index is 0.454. The predicted molar refractivity (Wildman–Crippen MR) is 120 cm³/mol. The summed E-state index contributed by atoms with van der Waals surface area (Å²) in [6, 6.07) is 22.6. The van der Waals surface area contributed by atoms with Crippen LogP contribution >= 0.6 is 31.9 Å². The molecule has 0 aliphatic carbocycles. The summed E-state index contributed by atoms with van der Waals surface area (Å²) < 4.78 is 2.54. The van der Waals surface area contributed by atoms with Crippen molar-refractivity contribution in [3.8, 4) is 0 Å². The maximum atomic E-state index is 3.81. The standard InChI is InChI=1S/C20H20Br2Si2/c1-13-3-7-15(8-4-13)23-19-11-18(22)20(12-17(19)21)24-16-9-5-14(2)6-10-16/h3-12H,23-24H2,1-2H3. The van der Waals surface area contributed by atoms with E-state index in [4.69, 9.17) is 0 Å². The lowest BCUT2D eigenvalue weighted by atomic mass is 10.2. The normalized spacial score (nSPS) is 11.8. The lowest BCUT2D eigenvalue weighted by Crippen LogP contribution is -2.33. The molecule has 122 valence electrons. The van der Waals surface area contributed by atoms with E-state index < -0.39 is 19.0 Å². The Balaban J connectivity index is 1.82. The molecule has 0 aliphatic heterocycles. The maximum Gasteiger partial charge on any atom is 0.0890 e. The van der Waals surface area contributed by atoms with Crippen molar-refractivity contribution in [2.75, 3.05) is 0 Å². The number of halogens is 2. The van der Waals surface area contributed by atoms with Gasteiger partial charge in [0.2, 0.25) is 0 Å². The van der Waals surface area contributed by atoms with Crippen molar-refractivity contribution in [3.05, 3.63) is 80.7 Å². The number of rotatable bonds is 4. The zero-order valence-corrected chi connectivity index (χ0v) is 19.9. The average Bonchev–Trinajstić information content (AvgIpc) is 2.56. The molecule has 0 nitrogen and oxygen atoms in total. The number of hydrogen-bond donors (Lipinski definition) is 0. The van der Waals surface area contributed by atoms with Gasteiger partial charge in [0.1, 0.15) is 0 Å². The highest BCUT2D eigenvalue weighted by Gasteiger charge is 2.09. The van der Waals surface area contributed by atoms with Gasteiger partial charge >= 0.3 is 0 Å². The Hall–Kier alpha value is -0.946. The first-order valence-electron chi connectivity index (χ1n) is 8.09. The zero-order chi connectivity index (χ0) is 17.1. The third kappa shape index (κ3) is 4.57. The first-order chi connectivity index (χ1) is 11.5. The molecule has 0 aromatic heterocycles. The molecule has 0 saturated carbocycles. The summed E-state index contributed by atoms with van der Waals surface area (Å²) in [5.74, 6) is 0. The monoisotopic (exact) mass is 474 g/mol. The minimum Gasteiger partial charge on any atom is -0.0630 e. The summed E-state index contributed by atoms with van der Waals surface area (Å²) >= 11 is 7.63. The number of aryl methyl sites for hydroxylation is 2. The van der Waals surface area contributed by atoms with E-state index in [1.807, 2.05) is 0 Å². The highest BCUT2D eigenvalue weighted by molar-refractivity contribution is 9.11. The molecule has 0 fully saturated rings. The molecule has 4 heteroatoms. The van der Waals surface area contributed by atoms with E-state index in [0.717, 1.165) is 0 Å². The molecule has 0 saturated heterocycles. The van der Waals surface area contributed by atoms with Gasteiger partial charge in [-0.2, -0.15) is 0 Å². The topological polar surface area (TPSA) is 0 Å². The van der Waals surface area contributed by atoms with E-state index >= 15 is 0 Å². The van der Waals surface area contributed by atoms with Crippen molar-refractivity contribution in [2.24, 2.45) is 0 Å². The zero-order valence-electron chi connectivity index (χ0n) is 13.9. The van der Waals surface area contributed by atoms with Gasteiger partial charge < -0.3 is 0 Å². The summed E-state index contributed by atoms with van der Waals surface area (Å²) in [5.41, 5.74) is 2.65. The highest BCUT2D eigenvalue weighted by Crippen LogP contribution is 2.11. The Morgan fingerprint density at radius 2 is 0.917 bits per heavy atom. The molecule has 24 heavy (non-hydrogen) atoms. The van der Waals surface area contributed by atoms with Gasteiger partial charge in [0, 0.05) is 8.95 Å². The summed E-state index contributed by atoms with van der Waals surface area (Å²) in [6.45, 7) is 4.28. The Labute approximate surface area is 165 Å². The summed E-state index contributed by atoms with van der Waals surface area (Å²) in [6.07, 6.45) is 0. The number of hydrogen-bond acceptors (Lipinski definition) is 0. The van der Waals surface area contributed by atoms with Crippen LogP contribution in [0.2, 0.25) is 0 Å². The molecular weight excluding hydrogens is 456 g/mol. The van der Waals surface area contributed by atoms with E-state index in [-0.39, 0.29) is 0 Å². The molecular formula is C20H20Br2Si2. The van der Waals surface area contributed by atoms with Crippen LogP contribution < -0.4 is 20.7 Å². The lowest BCUT2D eigenvalue weighted by molar-refractivity contribution is 1.49. The van der Waals surface area contributed by atoms with Crippen molar-refractivity contribution < 1.29 is 0 Å². The third-order valence-electron chi connectivity index (χ3n) is 4.25. The molecule has 0 aliphatic rings. The van der Waals surface area contributed by atoms with Crippen molar-refractivity contribution in [2.45, 2.75) is 13.8 Å². The molecule has 0 N–H and O–H groups in total. The van der Waals surface area contributed by atoms with Gasteiger partial charge in [0.05, 0.1) is 19.0 Å². The molecule has 0 atom stereocenters. The molecule has 0 bridgehead atoms. The molecule has 0 radical (unpaired) electrons. The molecule has 3 aromatic rings. The maximum absolute atomic E-state index is 3.81. The van der Waals surface area contributed by atoms with Gasteiger partial charge in [-0.1, -0.05) is 102 Å². The Bertz CT molecular complexity index is 768. The second-order valence-electron chi connectivity index (χ2n) is 6.36. The van der Waals surface area contributed by atoms with Crippen LogP contribution in [-0.4, -0.2) is 19.0 Å². The molecule has 0 heterocycles. The van der Waals surface area contributed by atoms with E-state index in [1.165, 1.54) is 40.8 Å². The lowest BCUT2D eigenvalue weighted by Gasteiger charge is -2.11. The highest BCUT2D eigenvalue weighted by atomic mass is 79.9. The van der Waals surface area contributed by atoms with Crippen LogP contribution in [0.25, 0.3) is 0 Å². The van der Waals surface area contributed by atoms with Gasteiger partial charge in [-0.3, -0.25) is 0 Å². The average molecular weight is 476 g/mol. The second kappa shape index (κ2) is 7.96. The fourth-order valence-corrected chi connectivity index (χ4v) is 7.95. The molecule has 3 aromatic carbocycles. The van der Waals surface area contributed by atoms with Crippen molar-refractivity contribution >= 4 is 71.6 Å². The van der Waals surface area contributed by atoms with Crippen molar-refractivity contribution in [1.82, 2.24) is 0 Å². The van der Waals surface area contributed by atoms with Gasteiger partial charge in [-0.25, -0.2) is 0 Å². The Kier molecular flexibility index (Phi) is 5.92. The summed E-state index contributed by atoms with van der Waals surface area (Å²) in [5, 5.41) is 5.90. The largest absolute Gasteiger partial charge is 0.0890 e. The smallest absolute Gasteiger partial charge is 0.0630 e. The Morgan fingerprint density at radius 3 is 1.25 bits per heavy atom. The fourth-order valence-electron chi connectivity index (χ4n) is 2.75. The SMILES string of the molecule is Cc1ccc([SiH2]c2cc(Br)c([SiH2]c3ccc(C)cc3)cc2Br)cc1. The predicted octanol–water partition coefficient (Wildman–Crippen LogP) is 2.07. The van der Waals surface area contributed by atoms with Crippen LogP contribution in [-0.2, 0) is 0 Å². The molecule has 0 amide bonds. The van der Waals surface area contributed by atoms with Gasteiger partial charge in [0.15, 0.2) is 0 Å². The van der Waals surface area contributed by atoms with Crippen molar-refractivity contribution in [3.63, 3.8) is 0 Å². The summed E-state index contributed by atoms with van der Waals surface area (Å²) in [4.78, 5) is 0. The summed E-state index contributed by atoms with van der Waals surface area (Å²) in [7, 11) is -0.907. The molecule has 0 spiro atoms. The molecule has 3 rings (SSSR count). The second-order valence-corrected chi connectivity index (χ2v) is 11.9. The van der Waals surface area contributed by atoms with E-state index in [2.05, 4.69) is 106 Å².